The molecule has 0 N–H and O–H groups in total. The Kier molecular flexibility index (Phi) is 6.83. The summed E-state index contributed by atoms with van der Waals surface area (Å²) in [5.74, 6) is 2.12. The van der Waals surface area contributed by atoms with Crippen LogP contribution in [0.3, 0.4) is 0 Å². The SMILES string of the molecule is F/C(P)=C\C1CCC(C2CCC(c3ccc(OC(F)(F)F)cc3)CC2)CC1. The van der Waals surface area contributed by atoms with Gasteiger partial charge in [0.25, 0.3) is 0 Å². The number of halogens is 4. The van der Waals surface area contributed by atoms with E-state index in [2.05, 4.69) is 14.0 Å². The van der Waals surface area contributed by atoms with Gasteiger partial charge in [-0.3, -0.25) is 0 Å². The smallest absolute Gasteiger partial charge is 0.406 e. The number of rotatable bonds is 4. The first-order chi connectivity index (χ1) is 12.8. The minimum Gasteiger partial charge on any atom is -0.406 e. The van der Waals surface area contributed by atoms with E-state index in [-0.39, 0.29) is 11.3 Å². The lowest BCUT2D eigenvalue weighted by Gasteiger charge is -2.37. The highest BCUT2D eigenvalue weighted by Crippen LogP contribution is 2.44. The van der Waals surface area contributed by atoms with Crippen LogP contribution < -0.4 is 4.74 Å². The summed E-state index contributed by atoms with van der Waals surface area (Å²) in [5, 5.41) is 0. The van der Waals surface area contributed by atoms with Crippen LogP contribution in [0.2, 0.25) is 0 Å². The second-order valence-electron chi connectivity index (χ2n) is 7.95. The third-order valence-corrected chi connectivity index (χ3v) is 6.43. The van der Waals surface area contributed by atoms with Crippen LogP contribution in [0, 0.1) is 17.8 Å². The largest absolute Gasteiger partial charge is 0.573 e. The summed E-state index contributed by atoms with van der Waals surface area (Å²) in [6, 6.07) is 6.35. The molecule has 27 heavy (non-hydrogen) atoms. The predicted molar refractivity (Wildman–Crippen MR) is 102 cm³/mol. The Labute approximate surface area is 160 Å². The second-order valence-corrected chi connectivity index (χ2v) is 8.51. The van der Waals surface area contributed by atoms with Crippen molar-refractivity contribution in [3.05, 3.63) is 41.5 Å². The summed E-state index contributed by atoms with van der Waals surface area (Å²) >= 11 is 0. The molecule has 6 heteroatoms. The molecule has 2 aliphatic carbocycles. The molecule has 2 saturated carbocycles. The topological polar surface area (TPSA) is 9.23 Å². The molecule has 0 amide bonds. The average molecular weight is 402 g/mol. The van der Waals surface area contributed by atoms with Crippen LogP contribution in [-0.4, -0.2) is 6.36 Å². The van der Waals surface area contributed by atoms with Gasteiger partial charge in [-0.05, 0) is 98.8 Å². The van der Waals surface area contributed by atoms with Crippen LogP contribution in [0.5, 0.6) is 5.75 Å². The van der Waals surface area contributed by atoms with E-state index < -0.39 is 6.36 Å². The van der Waals surface area contributed by atoms with Crippen molar-refractivity contribution in [1.82, 2.24) is 0 Å². The molecule has 1 aromatic carbocycles. The van der Waals surface area contributed by atoms with Gasteiger partial charge in [-0.1, -0.05) is 21.4 Å². The molecule has 0 spiro atoms. The number of alkyl halides is 3. The van der Waals surface area contributed by atoms with Crippen molar-refractivity contribution in [1.29, 1.82) is 0 Å². The first-order valence-corrected chi connectivity index (χ1v) is 10.4. The quantitative estimate of drug-likeness (QED) is 0.378. The Balaban J connectivity index is 1.47. The van der Waals surface area contributed by atoms with Gasteiger partial charge in [0.05, 0.1) is 0 Å². The predicted octanol–water partition coefficient (Wildman–Crippen LogP) is 7.35. The molecule has 0 aliphatic heterocycles. The number of hydrogen-bond acceptors (Lipinski definition) is 1. The van der Waals surface area contributed by atoms with Gasteiger partial charge < -0.3 is 4.74 Å². The highest BCUT2D eigenvalue weighted by Gasteiger charge is 2.32. The van der Waals surface area contributed by atoms with Crippen molar-refractivity contribution in [3.63, 3.8) is 0 Å². The van der Waals surface area contributed by atoms with Crippen molar-refractivity contribution < 1.29 is 22.3 Å². The summed E-state index contributed by atoms with van der Waals surface area (Å²) in [6.45, 7) is 0. The van der Waals surface area contributed by atoms with Gasteiger partial charge in [-0.2, -0.15) is 0 Å². The van der Waals surface area contributed by atoms with Crippen LogP contribution in [0.25, 0.3) is 0 Å². The van der Waals surface area contributed by atoms with E-state index in [0.29, 0.717) is 11.8 Å². The van der Waals surface area contributed by atoms with Gasteiger partial charge in [0, 0.05) is 0 Å². The van der Waals surface area contributed by atoms with Crippen LogP contribution >= 0.6 is 9.24 Å². The fourth-order valence-corrected chi connectivity index (χ4v) is 5.15. The Bertz CT molecular complexity index is 621. The van der Waals surface area contributed by atoms with E-state index in [1.807, 2.05) is 0 Å². The zero-order valence-electron chi connectivity index (χ0n) is 15.4. The second kappa shape index (κ2) is 8.94. The molecule has 0 heterocycles. The molecular weight excluding hydrogens is 375 g/mol. The first kappa shape index (κ1) is 20.6. The molecule has 3 rings (SSSR count). The molecule has 1 aromatic rings. The summed E-state index contributed by atoms with van der Waals surface area (Å²) in [7, 11) is 2.13. The van der Waals surface area contributed by atoms with E-state index in [9.17, 15) is 17.6 Å². The maximum absolute atomic E-state index is 13.0. The van der Waals surface area contributed by atoms with Crippen molar-refractivity contribution >= 4 is 9.24 Å². The highest BCUT2D eigenvalue weighted by atomic mass is 31.0. The third kappa shape index (κ3) is 6.20. The number of ether oxygens (including phenoxy) is 1. The Morgan fingerprint density at radius 2 is 1.41 bits per heavy atom. The molecule has 150 valence electrons. The molecule has 1 atom stereocenters. The maximum atomic E-state index is 13.0. The summed E-state index contributed by atoms with van der Waals surface area (Å²) in [6.07, 6.45) is 6.13. The third-order valence-electron chi connectivity index (χ3n) is 6.24. The molecule has 0 bridgehead atoms. The molecular formula is C21H27F4OP. The van der Waals surface area contributed by atoms with Gasteiger partial charge >= 0.3 is 6.36 Å². The fourth-order valence-electron chi connectivity index (χ4n) is 4.87. The Hall–Kier alpha value is -1.09. The van der Waals surface area contributed by atoms with Crippen LogP contribution in [0.15, 0.2) is 35.9 Å². The van der Waals surface area contributed by atoms with Gasteiger partial charge in [0.15, 0.2) is 0 Å². The maximum Gasteiger partial charge on any atom is 0.573 e. The van der Waals surface area contributed by atoms with Gasteiger partial charge in [0.1, 0.15) is 11.3 Å². The standard InChI is InChI=1S/C21H27F4OP/c22-20(27)13-14-1-3-15(4-2-14)16-5-7-17(8-6-16)18-9-11-19(12-10-18)26-21(23,24)25/h9-17H,1-8,27H2/b20-13+. The minimum atomic E-state index is -4.64. The Morgan fingerprint density at radius 3 is 1.89 bits per heavy atom. The van der Waals surface area contributed by atoms with Crippen LogP contribution in [0.1, 0.15) is 62.8 Å². The monoisotopic (exact) mass is 402 g/mol. The van der Waals surface area contributed by atoms with Crippen LogP contribution in [0.4, 0.5) is 17.6 Å². The van der Waals surface area contributed by atoms with E-state index in [1.165, 1.54) is 37.8 Å². The molecule has 0 aromatic heterocycles. The summed E-state index contributed by atoms with van der Waals surface area (Å²) in [4.78, 5) is 0. The van der Waals surface area contributed by atoms with Crippen molar-refractivity contribution in [2.45, 2.75) is 63.6 Å². The van der Waals surface area contributed by atoms with E-state index in [4.69, 9.17) is 0 Å². The lowest BCUT2D eigenvalue weighted by atomic mass is 9.68. The molecule has 0 saturated heterocycles. The summed E-state index contributed by atoms with van der Waals surface area (Å²) in [5.41, 5.74) is 0.957. The average Bonchev–Trinajstić information content (AvgIpc) is 2.61. The molecule has 2 fully saturated rings. The van der Waals surface area contributed by atoms with Crippen molar-refractivity contribution in [2.24, 2.45) is 17.8 Å². The van der Waals surface area contributed by atoms with Gasteiger partial charge in [-0.15, -0.1) is 13.2 Å². The summed E-state index contributed by atoms with van der Waals surface area (Å²) < 4.78 is 53.7. The highest BCUT2D eigenvalue weighted by molar-refractivity contribution is 7.21. The molecule has 0 radical (unpaired) electrons. The van der Waals surface area contributed by atoms with Crippen molar-refractivity contribution in [3.8, 4) is 5.75 Å². The lowest BCUT2D eigenvalue weighted by molar-refractivity contribution is -0.274. The van der Waals surface area contributed by atoms with E-state index >= 15 is 0 Å². The van der Waals surface area contributed by atoms with E-state index in [0.717, 1.165) is 43.1 Å². The number of benzene rings is 1. The zero-order chi connectivity index (χ0) is 19.4. The number of hydrogen-bond donors (Lipinski definition) is 0. The molecule has 1 unspecified atom stereocenters. The zero-order valence-corrected chi connectivity index (χ0v) is 16.5. The number of allylic oxidation sites excluding steroid dienone is 1. The van der Waals surface area contributed by atoms with Gasteiger partial charge in [-0.25, -0.2) is 4.39 Å². The lowest BCUT2D eigenvalue weighted by Crippen LogP contribution is -2.25. The Morgan fingerprint density at radius 1 is 0.889 bits per heavy atom. The first-order valence-electron chi connectivity index (χ1n) is 9.78. The fraction of sp³-hybridized carbons (Fsp3) is 0.619. The molecule has 2 aliphatic rings. The van der Waals surface area contributed by atoms with Crippen molar-refractivity contribution in [2.75, 3.05) is 0 Å². The minimum absolute atomic E-state index is 0.148. The van der Waals surface area contributed by atoms with Crippen LogP contribution in [-0.2, 0) is 0 Å². The van der Waals surface area contributed by atoms with Gasteiger partial charge in [0.2, 0.25) is 0 Å². The molecule has 1 nitrogen and oxygen atoms in total. The normalized spacial score (nSPS) is 30.2. The van der Waals surface area contributed by atoms with E-state index in [1.54, 1.807) is 18.2 Å².